The molecule has 0 bridgehead atoms. The standard InChI is InChI=1S/C19H25N9/c1-15-22-23-17-5-6-18(24-28(15)17)26-11-13-27(14-12-26)19-20-8-7-16(21-19)25-9-3-2-4-10-25/h5-8H,2-4,9-14H2,1H3. The van der Waals surface area contributed by atoms with Crippen LogP contribution in [0.5, 0.6) is 0 Å². The molecule has 0 N–H and O–H groups in total. The highest BCUT2D eigenvalue weighted by atomic mass is 15.4. The minimum absolute atomic E-state index is 0.780. The molecular formula is C19H25N9. The van der Waals surface area contributed by atoms with Crippen LogP contribution in [0.1, 0.15) is 25.1 Å². The number of aryl methyl sites for hydroxylation is 1. The van der Waals surface area contributed by atoms with Crippen molar-refractivity contribution >= 4 is 23.2 Å². The number of hydrogen-bond acceptors (Lipinski definition) is 8. The number of fused-ring (bicyclic) bond motifs is 1. The van der Waals surface area contributed by atoms with E-state index in [-0.39, 0.29) is 0 Å². The molecule has 5 rings (SSSR count). The van der Waals surface area contributed by atoms with E-state index in [0.717, 1.165) is 68.3 Å². The average Bonchev–Trinajstić information content (AvgIpc) is 3.15. The topological polar surface area (TPSA) is 78.6 Å². The Morgan fingerprint density at radius 3 is 2.32 bits per heavy atom. The van der Waals surface area contributed by atoms with Crippen LogP contribution in [0.4, 0.5) is 17.6 Å². The summed E-state index contributed by atoms with van der Waals surface area (Å²) in [5, 5.41) is 12.9. The lowest BCUT2D eigenvalue weighted by Gasteiger charge is -2.35. The van der Waals surface area contributed by atoms with E-state index in [1.54, 1.807) is 4.52 Å². The summed E-state index contributed by atoms with van der Waals surface area (Å²) in [6, 6.07) is 6.03. The minimum atomic E-state index is 0.780. The van der Waals surface area contributed by atoms with Gasteiger partial charge in [0.15, 0.2) is 11.5 Å². The number of piperazine rings is 1. The summed E-state index contributed by atoms with van der Waals surface area (Å²) in [5.41, 5.74) is 0.780. The second-order valence-corrected chi connectivity index (χ2v) is 7.45. The molecule has 2 aliphatic heterocycles. The molecule has 2 fully saturated rings. The smallest absolute Gasteiger partial charge is 0.227 e. The van der Waals surface area contributed by atoms with Crippen molar-refractivity contribution in [3.63, 3.8) is 0 Å². The highest BCUT2D eigenvalue weighted by Crippen LogP contribution is 2.21. The molecule has 0 aromatic carbocycles. The van der Waals surface area contributed by atoms with Crippen molar-refractivity contribution in [1.82, 2.24) is 29.8 Å². The molecule has 3 aromatic rings. The predicted molar refractivity (Wildman–Crippen MR) is 108 cm³/mol. The fraction of sp³-hybridized carbons (Fsp3) is 0.526. The van der Waals surface area contributed by atoms with Gasteiger partial charge in [-0.15, -0.1) is 15.3 Å². The summed E-state index contributed by atoms with van der Waals surface area (Å²) in [6.45, 7) is 7.64. The predicted octanol–water partition coefficient (Wildman–Crippen LogP) is 1.54. The van der Waals surface area contributed by atoms with Gasteiger partial charge in [0.1, 0.15) is 11.6 Å². The van der Waals surface area contributed by atoms with Gasteiger partial charge in [-0.3, -0.25) is 0 Å². The molecule has 146 valence electrons. The van der Waals surface area contributed by atoms with Crippen LogP contribution in [-0.2, 0) is 0 Å². The van der Waals surface area contributed by atoms with Crippen LogP contribution >= 0.6 is 0 Å². The maximum absolute atomic E-state index is 4.85. The largest absolute Gasteiger partial charge is 0.356 e. The molecule has 0 spiro atoms. The molecule has 9 nitrogen and oxygen atoms in total. The Kier molecular flexibility index (Phi) is 4.42. The lowest BCUT2D eigenvalue weighted by Crippen LogP contribution is -2.47. The third kappa shape index (κ3) is 3.21. The molecule has 0 aliphatic carbocycles. The maximum atomic E-state index is 4.85. The molecule has 9 heteroatoms. The van der Waals surface area contributed by atoms with Crippen molar-refractivity contribution in [3.8, 4) is 0 Å². The van der Waals surface area contributed by atoms with Crippen molar-refractivity contribution in [2.24, 2.45) is 0 Å². The zero-order valence-corrected chi connectivity index (χ0v) is 16.2. The number of piperidine rings is 1. The first-order valence-corrected chi connectivity index (χ1v) is 10.0. The monoisotopic (exact) mass is 379 g/mol. The van der Waals surface area contributed by atoms with Crippen molar-refractivity contribution in [2.45, 2.75) is 26.2 Å². The molecule has 2 saturated heterocycles. The van der Waals surface area contributed by atoms with Crippen LogP contribution in [0.3, 0.4) is 0 Å². The van der Waals surface area contributed by atoms with Crippen molar-refractivity contribution in [3.05, 3.63) is 30.2 Å². The zero-order valence-electron chi connectivity index (χ0n) is 16.2. The fourth-order valence-electron chi connectivity index (χ4n) is 3.98. The highest BCUT2D eigenvalue weighted by Gasteiger charge is 2.22. The first kappa shape index (κ1) is 17.2. The van der Waals surface area contributed by atoms with E-state index in [1.165, 1.54) is 19.3 Å². The van der Waals surface area contributed by atoms with Gasteiger partial charge in [0.05, 0.1) is 0 Å². The van der Waals surface area contributed by atoms with E-state index in [4.69, 9.17) is 10.1 Å². The van der Waals surface area contributed by atoms with Gasteiger partial charge in [-0.2, -0.15) is 9.50 Å². The Hall–Kier alpha value is -2.97. The van der Waals surface area contributed by atoms with Crippen molar-refractivity contribution in [2.75, 3.05) is 54.0 Å². The van der Waals surface area contributed by atoms with E-state index >= 15 is 0 Å². The second kappa shape index (κ2) is 7.21. The molecule has 0 radical (unpaired) electrons. The lowest BCUT2D eigenvalue weighted by atomic mass is 10.1. The second-order valence-electron chi connectivity index (χ2n) is 7.45. The average molecular weight is 379 g/mol. The summed E-state index contributed by atoms with van der Waals surface area (Å²) in [4.78, 5) is 16.3. The van der Waals surface area contributed by atoms with E-state index in [0.29, 0.717) is 0 Å². The number of nitrogens with zero attached hydrogens (tertiary/aromatic N) is 9. The molecule has 28 heavy (non-hydrogen) atoms. The van der Waals surface area contributed by atoms with E-state index < -0.39 is 0 Å². The van der Waals surface area contributed by atoms with Gasteiger partial charge in [-0.1, -0.05) is 0 Å². The van der Waals surface area contributed by atoms with Crippen LogP contribution in [0.15, 0.2) is 24.4 Å². The Balaban J connectivity index is 1.28. The zero-order chi connectivity index (χ0) is 18.9. The van der Waals surface area contributed by atoms with Crippen LogP contribution in [-0.4, -0.2) is 69.0 Å². The summed E-state index contributed by atoms with van der Waals surface area (Å²) >= 11 is 0. The van der Waals surface area contributed by atoms with Crippen LogP contribution in [0.25, 0.3) is 5.65 Å². The molecule has 3 aromatic heterocycles. The summed E-state index contributed by atoms with van der Waals surface area (Å²) < 4.78 is 1.80. The normalized spacial score (nSPS) is 18.1. The van der Waals surface area contributed by atoms with Crippen molar-refractivity contribution < 1.29 is 0 Å². The number of hydrogen-bond donors (Lipinski definition) is 0. The van der Waals surface area contributed by atoms with E-state index in [9.17, 15) is 0 Å². The first-order chi connectivity index (χ1) is 13.8. The number of aromatic nitrogens is 6. The van der Waals surface area contributed by atoms with Gasteiger partial charge in [0.25, 0.3) is 0 Å². The van der Waals surface area contributed by atoms with Gasteiger partial charge in [0, 0.05) is 45.5 Å². The molecule has 5 heterocycles. The van der Waals surface area contributed by atoms with Crippen molar-refractivity contribution in [1.29, 1.82) is 0 Å². The summed E-state index contributed by atoms with van der Waals surface area (Å²) in [7, 11) is 0. The Morgan fingerprint density at radius 2 is 1.50 bits per heavy atom. The van der Waals surface area contributed by atoms with Gasteiger partial charge >= 0.3 is 0 Å². The third-order valence-corrected chi connectivity index (χ3v) is 5.60. The third-order valence-electron chi connectivity index (χ3n) is 5.60. The Labute approximate surface area is 164 Å². The summed E-state index contributed by atoms with van der Waals surface area (Å²) in [6.07, 6.45) is 5.72. The molecular weight excluding hydrogens is 354 g/mol. The maximum Gasteiger partial charge on any atom is 0.227 e. The minimum Gasteiger partial charge on any atom is -0.356 e. The SMILES string of the molecule is Cc1nnc2ccc(N3CCN(c4nccc(N5CCCCC5)n4)CC3)nn12. The highest BCUT2D eigenvalue weighted by molar-refractivity contribution is 5.48. The quantitative estimate of drug-likeness (QED) is 0.678. The van der Waals surface area contributed by atoms with Crippen LogP contribution in [0.2, 0.25) is 0 Å². The van der Waals surface area contributed by atoms with E-state index in [2.05, 4.69) is 29.9 Å². The van der Waals surface area contributed by atoms with Gasteiger partial charge in [-0.05, 0) is 44.4 Å². The summed E-state index contributed by atoms with van der Waals surface area (Å²) in [5.74, 6) is 3.65. The fourth-order valence-corrected chi connectivity index (χ4v) is 3.98. The molecule has 0 unspecified atom stereocenters. The first-order valence-electron chi connectivity index (χ1n) is 10.0. The Bertz CT molecular complexity index is 955. The molecule has 0 atom stereocenters. The molecule has 0 amide bonds. The van der Waals surface area contributed by atoms with Gasteiger partial charge < -0.3 is 14.7 Å². The lowest BCUT2D eigenvalue weighted by molar-refractivity contribution is 0.571. The van der Waals surface area contributed by atoms with Crippen LogP contribution < -0.4 is 14.7 Å². The number of rotatable bonds is 3. The van der Waals surface area contributed by atoms with Gasteiger partial charge in [-0.25, -0.2) is 4.98 Å². The molecule has 0 saturated carbocycles. The van der Waals surface area contributed by atoms with Gasteiger partial charge in [0.2, 0.25) is 5.95 Å². The van der Waals surface area contributed by atoms with Crippen LogP contribution in [0, 0.1) is 6.92 Å². The number of anilines is 3. The van der Waals surface area contributed by atoms with E-state index in [1.807, 2.05) is 31.3 Å². The molecule has 2 aliphatic rings. The Morgan fingerprint density at radius 1 is 0.750 bits per heavy atom.